The minimum absolute atomic E-state index is 0.234. The van der Waals surface area contributed by atoms with Crippen LogP contribution >= 0.6 is 15.9 Å². The average Bonchev–Trinajstić information content (AvgIpc) is 2.42. The van der Waals surface area contributed by atoms with Gasteiger partial charge in [0.05, 0.1) is 4.92 Å². The zero-order valence-electron chi connectivity index (χ0n) is 11.9. The van der Waals surface area contributed by atoms with E-state index in [1.54, 1.807) is 6.07 Å². The van der Waals surface area contributed by atoms with Crippen molar-refractivity contribution in [3.05, 3.63) is 62.4 Å². The Hall–Kier alpha value is -2.00. The molecule has 23 heavy (non-hydrogen) atoms. The van der Waals surface area contributed by atoms with Gasteiger partial charge < -0.3 is 5.32 Å². The molecular weight excluding hydrogens is 391 g/mol. The second kappa shape index (κ2) is 6.63. The third-order valence-electron chi connectivity index (χ3n) is 2.97. The Kier molecular flexibility index (Phi) is 5.00. The summed E-state index contributed by atoms with van der Waals surface area (Å²) in [6.07, 6.45) is 0.906. The van der Waals surface area contributed by atoms with E-state index in [0.29, 0.717) is 15.7 Å². The Morgan fingerprint density at radius 2 is 1.96 bits per heavy atom. The lowest BCUT2D eigenvalue weighted by atomic mass is 10.2. The molecule has 0 radical (unpaired) electrons. The lowest BCUT2D eigenvalue weighted by molar-refractivity contribution is -0.387. The summed E-state index contributed by atoms with van der Waals surface area (Å²) in [6, 6.07) is 8.08. The van der Waals surface area contributed by atoms with E-state index in [1.807, 2.05) is 0 Å². The number of hydrogen-bond acceptors (Lipinski definition) is 5. The number of anilines is 1. The maximum atomic E-state index is 13.3. The van der Waals surface area contributed by atoms with Crippen molar-refractivity contribution >= 4 is 37.1 Å². The van der Waals surface area contributed by atoms with E-state index in [1.165, 1.54) is 24.3 Å². The largest absolute Gasteiger partial charge is 0.381 e. The number of benzene rings is 2. The monoisotopic (exact) mass is 402 g/mol. The fourth-order valence-electron chi connectivity index (χ4n) is 1.99. The Labute approximate surface area is 140 Å². The van der Waals surface area contributed by atoms with Crippen molar-refractivity contribution in [3.8, 4) is 0 Å². The number of sulfone groups is 1. The lowest BCUT2D eigenvalue weighted by Gasteiger charge is -2.09. The Morgan fingerprint density at radius 1 is 1.26 bits per heavy atom. The minimum Gasteiger partial charge on any atom is -0.381 e. The van der Waals surface area contributed by atoms with Crippen LogP contribution in [0, 0.1) is 15.9 Å². The molecule has 6 nitrogen and oxygen atoms in total. The van der Waals surface area contributed by atoms with Crippen molar-refractivity contribution in [2.24, 2.45) is 0 Å². The van der Waals surface area contributed by atoms with E-state index in [4.69, 9.17) is 0 Å². The van der Waals surface area contributed by atoms with Gasteiger partial charge in [0.2, 0.25) is 0 Å². The molecule has 0 fully saturated rings. The summed E-state index contributed by atoms with van der Waals surface area (Å²) in [5.41, 5.74) is 0.541. The second-order valence-corrected chi connectivity index (χ2v) is 7.74. The van der Waals surface area contributed by atoms with Crippen molar-refractivity contribution in [2.75, 3.05) is 11.6 Å². The number of rotatable bonds is 5. The maximum absolute atomic E-state index is 13.3. The van der Waals surface area contributed by atoms with E-state index < -0.39 is 26.3 Å². The van der Waals surface area contributed by atoms with Crippen LogP contribution in [0.2, 0.25) is 0 Å². The van der Waals surface area contributed by atoms with E-state index in [9.17, 15) is 22.9 Å². The van der Waals surface area contributed by atoms with Gasteiger partial charge in [0.25, 0.3) is 5.69 Å². The third-order valence-corrected chi connectivity index (χ3v) is 4.56. The van der Waals surface area contributed by atoms with E-state index in [2.05, 4.69) is 21.2 Å². The van der Waals surface area contributed by atoms with Crippen LogP contribution in [0.1, 0.15) is 5.56 Å². The number of nitro benzene ring substituents is 1. The molecule has 0 spiro atoms. The van der Waals surface area contributed by atoms with Crippen LogP contribution in [0.3, 0.4) is 0 Å². The smallest absolute Gasteiger partial charge is 0.288 e. The predicted octanol–water partition coefficient (Wildman–Crippen LogP) is 3.51. The number of nitro groups is 1. The first-order valence-electron chi connectivity index (χ1n) is 6.34. The fourth-order valence-corrected chi connectivity index (χ4v) is 3.37. The zero-order chi connectivity index (χ0) is 17.2. The van der Waals surface area contributed by atoms with E-state index in [0.717, 1.165) is 12.3 Å². The van der Waals surface area contributed by atoms with E-state index in [-0.39, 0.29) is 11.4 Å². The van der Waals surface area contributed by atoms with Crippen LogP contribution in [-0.4, -0.2) is 19.6 Å². The molecule has 0 saturated heterocycles. The fraction of sp³-hybridized carbons (Fsp3) is 0.143. The van der Waals surface area contributed by atoms with Gasteiger partial charge in [-0.2, -0.15) is 0 Å². The van der Waals surface area contributed by atoms with Gasteiger partial charge in [-0.3, -0.25) is 10.1 Å². The number of hydrogen-bond donors (Lipinski definition) is 1. The summed E-state index contributed by atoms with van der Waals surface area (Å²) in [6.45, 7) is 0.234. The molecule has 0 unspecified atom stereocenters. The van der Waals surface area contributed by atoms with Gasteiger partial charge in [-0.25, -0.2) is 12.8 Å². The van der Waals surface area contributed by atoms with Gasteiger partial charge in [-0.1, -0.05) is 15.9 Å². The molecule has 0 aliphatic carbocycles. The molecule has 0 bridgehead atoms. The van der Waals surface area contributed by atoms with Gasteiger partial charge in [0.1, 0.15) is 10.7 Å². The minimum atomic E-state index is -3.75. The summed E-state index contributed by atoms with van der Waals surface area (Å²) < 4.78 is 37.3. The van der Waals surface area contributed by atoms with Crippen molar-refractivity contribution in [3.63, 3.8) is 0 Å². The van der Waals surface area contributed by atoms with Gasteiger partial charge in [0, 0.05) is 29.0 Å². The first kappa shape index (κ1) is 17.4. The molecule has 122 valence electrons. The van der Waals surface area contributed by atoms with Gasteiger partial charge in [-0.15, -0.1) is 0 Å². The molecule has 9 heteroatoms. The molecule has 0 heterocycles. The predicted molar refractivity (Wildman–Crippen MR) is 87.6 cm³/mol. The SMILES string of the molecule is CS(=O)(=O)c1cc(NCc2cc(F)cc(Br)c2)ccc1[N+](=O)[O-]. The van der Waals surface area contributed by atoms with Crippen LogP contribution in [0.5, 0.6) is 0 Å². The Balaban J connectivity index is 2.29. The van der Waals surface area contributed by atoms with Crippen molar-refractivity contribution in [2.45, 2.75) is 11.4 Å². The maximum Gasteiger partial charge on any atom is 0.288 e. The molecular formula is C14H12BrFN2O4S. The van der Waals surface area contributed by atoms with E-state index >= 15 is 0 Å². The first-order chi connectivity index (χ1) is 10.7. The van der Waals surface area contributed by atoms with Gasteiger partial charge >= 0.3 is 0 Å². The highest BCUT2D eigenvalue weighted by Crippen LogP contribution is 2.27. The second-order valence-electron chi connectivity index (χ2n) is 4.84. The highest BCUT2D eigenvalue weighted by atomic mass is 79.9. The van der Waals surface area contributed by atoms with Crippen LogP contribution < -0.4 is 5.32 Å². The Morgan fingerprint density at radius 3 is 2.52 bits per heavy atom. The molecule has 2 rings (SSSR count). The standard InChI is InChI=1S/C14H12BrFN2O4S/c1-23(21,22)14-7-12(2-3-13(14)18(19)20)17-8-9-4-10(15)6-11(16)5-9/h2-7,17H,8H2,1H3. The number of nitrogens with one attached hydrogen (secondary N) is 1. The van der Waals surface area contributed by atoms with Gasteiger partial charge in [-0.05, 0) is 35.9 Å². The zero-order valence-corrected chi connectivity index (χ0v) is 14.3. The van der Waals surface area contributed by atoms with Gasteiger partial charge in [0.15, 0.2) is 9.84 Å². The topological polar surface area (TPSA) is 89.3 Å². The number of halogens is 2. The summed E-state index contributed by atoms with van der Waals surface area (Å²) in [5.74, 6) is -0.406. The quantitative estimate of drug-likeness (QED) is 0.610. The molecule has 2 aromatic carbocycles. The Bertz CT molecular complexity index is 851. The molecule has 1 N–H and O–H groups in total. The summed E-state index contributed by atoms with van der Waals surface area (Å²) in [4.78, 5) is 9.79. The van der Waals surface area contributed by atoms with Crippen molar-refractivity contribution in [1.82, 2.24) is 0 Å². The van der Waals surface area contributed by atoms with Crippen molar-refractivity contribution < 1.29 is 17.7 Å². The third kappa shape index (κ3) is 4.49. The highest BCUT2D eigenvalue weighted by molar-refractivity contribution is 9.10. The molecule has 0 saturated carbocycles. The van der Waals surface area contributed by atoms with Crippen LogP contribution in [0.15, 0.2) is 45.8 Å². The van der Waals surface area contributed by atoms with Crippen molar-refractivity contribution in [1.29, 1.82) is 0 Å². The summed E-state index contributed by atoms with van der Waals surface area (Å²) >= 11 is 3.18. The van der Waals surface area contributed by atoms with Crippen LogP contribution in [-0.2, 0) is 16.4 Å². The summed E-state index contributed by atoms with van der Waals surface area (Å²) in [5, 5.41) is 13.8. The molecule has 0 aliphatic rings. The molecule has 2 aromatic rings. The number of nitrogens with zero attached hydrogens (tertiary/aromatic N) is 1. The van der Waals surface area contributed by atoms with Crippen LogP contribution in [0.25, 0.3) is 0 Å². The molecule has 0 aliphatic heterocycles. The normalized spacial score (nSPS) is 11.3. The molecule has 0 aromatic heterocycles. The molecule has 0 atom stereocenters. The molecule has 0 amide bonds. The lowest BCUT2D eigenvalue weighted by Crippen LogP contribution is -2.05. The first-order valence-corrected chi connectivity index (χ1v) is 9.02. The average molecular weight is 403 g/mol. The summed E-state index contributed by atoms with van der Waals surface area (Å²) in [7, 11) is -3.75. The van der Waals surface area contributed by atoms with Crippen LogP contribution in [0.4, 0.5) is 15.8 Å². The highest BCUT2D eigenvalue weighted by Gasteiger charge is 2.22.